The van der Waals surface area contributed by atoms with Gasteiger partial charge < -0.3 is 5.32 Å². The third kappa shape index (κ3) is 2.32. The van der Waals surface area contributed by atoms with E-state index in [1.165, 1.54) is 10.7 Å². The maximum Gasteiger partial charge on any atom is 0.288 e. The Morgan fingerprint density at radius 3 is 2.63 bits per heavy atom. The standard InChI is InChI=1S/C18H12FN7O/c19-12-9-5-4-8-11(12)16-13-14(10-6-2-1-3-7-10)21-22-17(27)15(13)20-18-23-24-25-26(16)18/h1-9,16H,(H,22,27)(H,20,23,25). The van der Waals surface area contributed by atoms with E-state index in [1.807, 2.05) is 30.3 Å². The smallest absolute Gasteiger partial charge is 0.288 e. The first-order chi connectivity index (χ1) is 13.2. The van der Waals surface area contributed by atoms with Gasteiger partial charge >= 0.3 is 0 Å². The Morgan fingerprint density at radius 2 is 1.81 bits per heavy atom. The largest absolute Gasteiger partial charge is 0.318 e. The fraction of sp³-hybridized carbons (Fsp3) is 0.0556. The molecular formula is C18H12FN7O. The van der Waals surface area contributed by atoms with Crippen molar-refractivity contribution in [3.8, 4) is 11.3 Å². The highest BCUT2D eigenvalue weighted by Gasteiger charge is 2.35. The first-order valence-corrected chi connectivity index (χ1v) is 8.21. The molecule has 9 heteroatoms. The maximum atomic E-state index is 14.7. The molecule has 27 heavy (non-hydrogen) atoms. The van der Waals surface area contributed by atoms with Gasteiger partial charge in [0.2, 0.25) is 5.95 Å². The summed E-state index contributed by atoms with van der Waals surface area (Å²) in [4.78, 5) is 12.5. The van der Waals surface area contributed by atoms with Gasteiger partial charge in [-0.1, -0.05) is 53.6 Å². The van der Waals surface area contributed by atoms with E-state index in [9.17, 15) is 9.18 Å². The summed E-state index contributed by atoms with van der Waals surface area (Å²) in [7, 11) is 0. The topological polar surface area (TPSA) is 101 Å². The van der Waals surface area contributed by atoms with Crippen LogP contribution in [0.25, 0.3) is 11.3 Å². The maximum absolute atomic E-state index is 14.7. The number of halogens is 1. The fourth-order valence-electron chi connectivity index (χ4n) is 3.34. The van der Waals surface area contributed by atoms with E-state index < -0.39 is 17.4 Å². The first kappa shape index (κ1) is 15.4. The van der Waals surface area contributed by atoms with E-state index in [1.54, 1.807) is 18.2 Å². The van der Waals surface area contributed by atoms with Crippen LogP contribution in [-0.4, -0.2) is 30.4 Å². The van der Waals surface area contributed by atoms with Crippen LogP contribution in [0.5, 0.6) is 0 Å². The SMILES string of the molecule is O=c1[nH]nc(-c2ccccc2)c2c1Nc1nnnn1C2c1ccccc1F. The highest BCUT2D eigenvalue weighted by molar-refractivity contribution is 5.75. The number of anilines is 2. The molecule has 0 amide bonds. The summed E-state index contributed by atoms with van der Waals surface area (Å²) in [6, 6.07) is 15.0. The molecule has 4 aromatic rings. The number of nitrogens with one attached hydrogen (secondary N) is 2. The van der Waals surface area contributed by atoms with E-state index in [4.69, 9.17) is 0 Å². The Balaban J connectivity index is 1.86. The molecule has 3 heterocycles. The number of hydrogen-bond donors (Lipinski definition) is 2. The van der Waals surface area contributed by atoms with Crippen LogP contribution in [0.1, 0.15) is 17.2 Å². The van der Waals surface area contributed by atoms with Crippen molar-refractivity contribution in [1.82, 2.24) is 30.4 Å². The van der Waals surface area contributed by atoms with Crippen molar-refractivity contribution in [3.05, 3.63) is 81.9 Å². The predicted octanol–water partition coefficient (Wildman–Crippen LogP) is 2.26. The Labute approximate surface area is 151 Å². The molecule has 0 radical (unpaired) electrons. The van der Waals surface area contributed by atoms with E-state index in [0.717, 1.165) is 5.56 Å². The van der Waals surface area contributed by atoms with Gasteiger partial charge in [-0.05, 0) is 16.5 Å². The van der Waals surface area contributed by atoms with Gasteiger partial charge in [-0.15, -0.1) is 0 Å². The van der Waals surface area contributed by atoms with E-state index in [0.29, 0.717) is 16.8 Å². The van der Waals surface area contributed by atoms with Crippen LogP contribution in [0.4, 0.5) is 16.0 Å². The van der Waals surface area contributed by atoms with Gasteiger partial charge in [0.15, 0.2) is 0 Å². The van der Waals surface area contributed by atoms with Gasteiger partial charge in [0, 0.05) is 16.7 Å². The molecule has 0 spiro atoms. The van der Waals surface area contributed by atoms with E-state index in [-0.39, 0.29) is 11.6 Å². The van der Waals surface area contributed by atoms with Crippen LogP contribution in [0.3, 0.4) is 0 Å². The van der Waals surface area contributed by atoms with Crippen LogP contribution in [0.15, 0.2) is 59.4 Å². The molecule has 132 valence electrons. The van der Waals surface area contributed by atoms with Gasteiger partial charge in [-0.2, -0.15) is 9.78 Å². The van der Waals surface area contributed by atoms with Gasteiger partial charge in [0.25, 0.3) is 5.56 Å². The van der Waals surface area contributed by atoms with Crippen molar-refractivity contribution in [1.29, 1.82) is 0 Å². The molecule has 5 rings (SSSR count). The number of aromatic amines is 1. The summed E-state index contributed by atoms with van der Waals surface area (Å²) >= 11 is 0. The number of fused-ring (bicyclic) bond motifs is 2. The van der Waals surface area contributed by atoms with Gasteiger partial charge in [-0.25, -0.2) is 9.49 Å². The molecule has 0 saturated heterocycles. The predicted molar refractivity (Wildman–Crippen MR) is 95.0 cm³/mol. The number of nitrogens with zero attached hydrogens (tertiary/aromatic N) is 5. The lowest BCUT2D eigenvalue weighted by Crippen LogP contribution is -2.29. The Kier molecular flexibility index (Phi) is 3.32. The zero-order valence-corrected chi connectivity index (χ0v) is 13.8. The molecular weight excluding hydrogens is 349 g/mol. The zero-order valence-electron chi connectivity index (χ0n) is 13.8. The molecule has 0 aliphatic carbocycles. The molecule has 1 aliphatic heterocycles. The van der Waals surface area contributed by atoms with E-state index in [2.05, 4.69) is 31.0 Å². The summed E-state index contributed by atoms with van der Waals surface area (Å²) in [6.07, 6.45) is 0. The molecule has 2 aromatic heterocycles. The average Bonchev–Trinajstić information content (AvgIpc) is 3.17. The summed E-state index contributed by atoms with van der Waals surface area (Å²) in [5, 5.41) is 21.3. The molecule has 1 aliphatic rings. The zero-order chi connectivity index (χ0) is 18.4. The molecule has 1 unspecified atom stereocenters. The van der Waals surface area contributed by atoms with Crippen molar-refractivity contribution < 1.29 is 4.39 Å². The second-order valence-corrected chi connectivity index (χ2v) is 6.05. The number of hydrogen-bond acceptors (Lipinski definition) is 6. The highest BCUT2D eigenvalue weighted by Crippen LogP contribution is 2.41. The van der Waals surface area contributed by atoms with Gasteiger partial charge in [0.05, 0.1) is 5.69 Å². The molecule has 8 nitrogen and oxygen atoms in total. The molecule has 0 saturated carbocycles. The van der Waals surface area contributed by atoms with Crippen LogP contribution < -0.4 is 10.9 Å². The third-order valence-electron chi connectivity index (χ3n) is 4.52. The van der Waals surface area contributed by atoms with Gasteiger partial charge in [0.1, 0.15) is 17.5 Å². The molecule has 0 fully saturated rings. The van der Waals surface area contributed by atoms with Crippen molar-refractivity contribution in [2.24, 2.45) is 0 Å². The molecule has 2 aromatic carbocycles. The summed E-state index contributed by atoms with van der Waals surface area (Å²) < 4.78 is 16.1. The Morgan fingerprint density at radius 1 is 1.04 bits per heavy atom. The molecule has 2 N–H and O–H groups in total. The lowest BCUT2D eigenvalue weighted by molar-refractivity contribution is 0.527. The minimum Gasteiger partial charge on any atom is -0.318 e. The number of H-pyrrole nitrogens is 1. The number of benzene rings is 2. The number of tetrazole rings is 1. The minimum atomic E-state index is -0.738. The number of rotatable bonds is 2. The highest BCUT2D eigenvalue weighted by atomic mass is 19.1. The van der Waals surface area contributed by atoms with Crippen molar-refractivity contribution >= 4 is 11.6 Å². The Hall–Kier alpha value is -3.88. The van der Waals surface area contributed by atoms with Crippen molar-refractivity contribution in [2.75, 3.05) is 5.32 Å². The quantitative estimate of drug-likeness (QED) is 0.500. The third-order valence-corrected chi connectivity index (χ3v) is 4.52. The lowest BCUT2D eigenvalue weighted by Gasteiger charge is -2.28. The minimum absolute atomic E-state index is 0.249. The van der Waals surface area contributed by atoms with Crippen molar-refractivity contribution in [2.45, 2.75) is 6.04 Å². The average molecular weight is 361 g/mol. The second-order valence-electron chi connectivity index (χ2n) is 6.05. The molecule has 1 atom stereocenters. The summed E-state index contributed by atoms with van der Waals surface area (Å²) in [5.41, 5.74) is 1.98. The van der Waals surface area contributed by atoms with Crippen LogP contribution >= 0.6 is 0 Å². The normalized spacial score (nSPS) is 14.9. The fourth-order valence-corrected chi connectivity index (χ4v) is 3.34. The van der Waals surface area contributed by atoms with E-state index >= 15 is 0 Å². The van der Waals surface area contributed by atoms with Crippen LogP contribution in [-0.2, 0) is 0 Å². The van der Waals surface area contributed by atoms with Gasteiger partial charge in [-0.3, -0.25) is 4.79 Å². The lowest BCUT2D eigenvalue weighted by atomic mass is 9.92. The second kappa shape index (κ2) is 5.84. The van der Waals surface area contributed by atoms with Crippen LogP contribution in [0.2, 0.25) is 0 Å². The summed E-state index contributed by atoms with van der Waals surface area (Å²) in [6.45, 7) is 0. The first-order valence-electron chi connectivity index (χ1n) is 8.21. The van der Waals surface area contributed by atoms with Crippen LogP contribution in [0, 0.1) is 5.82 Å². The number of aromatic nitrogens is 6. The monoisotopic (exact) mass is 361 g/mol. The summed E-state index contributed by atoms with van der Waals surface area (Å²) in [5.74, 6) is -0.164. The Bertz CT molecular complexity index is 1200. The molecule has 0 bridgehead atoms. The van der Waals surface area contributed by atoms with Crippen molar-refractivity contribution in [3.63, 3.8) is 0 Å².